The number of pyridine rings is 1. The van der Waals surface area contributed by atoms with Gasteiger partial charge in [0.1, 0.15) is 0 Å². The summed E-state index contributed by atoms with van der Waals surface area (Å²) in [5.74, 6) is 0.185. The van der Waals surface area contributed by atoms with Gasteiger partial charge in [0.15, 0.2) is 0 Å². The molecule has 1 aliphatic carbocycles. The van der Waals surface area contributed by atoms with Crippen LogP contribution in [-0.2, 0) is 24.2 Å². The van der Waals surface area contributed by atoms with E-state index in [1.807, 2.05) is 6.20 Å². The smallest absolute Gasteiger partial charge is 0.223 e. The molecule has 1 saturated heterocycles. The fourth-order valence-corrected chi connectivity index (χ4v) is 3.76. The van der Waals surface area contributed by atoms with Crippen LogP contribution in [0.4, 0.5) is 0 Å². The van der Waals surface area contributed by atoms with E-state index in [2.05, 4.69) is 21.3 Å². The van der Waals surface area contributed by atoms with Crippen LogP contribution in [0.5, 0.6) is 0 Å². The first-order valence-electron chi connectivity index (χ1n) is 8.84. The van der Waals surface area contributed by atoms with Crippen LogP contribution < -0.4 is 5.32 Å². The van der Waals surface area contributed by atoms with Gasteiger partial charge in [-0.2, -0.15) is 0 Å². The second kappa shape index (κ2) is 7.88. The van der Waals surface area contributed by atoms with Crippen LogP contribution in [-0.4, -0.2) is 47.1 Å². The van der Waals surface area contributed by atoms with Crippen LogP contribution in [0.25, 0.3) is 0 Å². The summed E-state index contributed by atoms with van der Waals surface area (Å²) in [5.41, 5.74) is 4.20. The molecule has 2 N–H and O–H groups in total. The number of piperidine rings is 1. The summed E-state index contributed by atoms with van der Waals surface area (Å²) in [5, 5.41) is 11.6. The molecule has 3 rings (SSSR count). The van der Waals surface area contributed by atoms with E-state index in [-0.39, 0.29) is 18.4 Å². The summed E-state index contributed by atoms with van der Waals surface area (Å²) in [6.45, 7) is 3.17. The van der Waals surface area contributed by atoms with Crippen LogP contribution in [0.1, 0.15) is 42.5 Å². The monoisotopic (exact) mass is 317 g/mol. The molecule has 2 heterocycles. The van der Waals surface area contributed by atoms with Gasteiger partial charge in [0, 0.05) is 25.2 Å². The highest BCUT2D eigenvalue weighted by molar-refractivity contribution is 5.78. The molecule has 5 nitrogen and oxygen atoms in total. The number of hydrogen-bond donors (Lipinski definition) is 2. The number of carbonyl (C=O) groups excluding carboxylic acids is 1. The van der Waals surface area contributed by atoms with Crippen molar-refractivity contribution in [3.8, 4) is 0 Å². The van der Waals surface area contributed by atoms with Crippen molar-refractivity contribution in [2.75, 3.05) is 26.2 Å². The maximum absolute atomic E-state index is 12.0. The van der Waals surface area contributed by atoms with Gasteiger partial charge >= 0.3 is 0 Å². The fraction of sp³-hybridized carbons (Fsp3) is 0.667. The van der Waals surface area contributed by atoms with E-state index in [0.717, 1.165) is 32.5 Å². The number of fused-ring (bicyclic) bond motifs is 1. The van der Waals surface area contributed by atoms with Crippen LogP contribution in [0.2, 0.25) is 0 Å². The van der Waals surface area contributed by atoms with Crippen molar-refractivity contribution in [1.29, 1.82) is 0 Å². The molecule has 1 fully saturated rings. The van der Waals surface area contributed by atoms with E-state index in [0.29, 0.717) is 6.54 Å². The maximum Gasteiger partial charge on any atom is 0.223 e. The number of nitrogens with zero attached hydrogens (tertiary/aromatic N) is 2. The lowest BCUT2D eigenvalue weighted by atomic mass is 9.90. The first kappa shape index (κ1) is 16.4. The third-order valence-corrected chi connectivity index (χ3v) is 5.11. The van der Waals surface area contributed by atoms with Gasteiger partial charge < -0.3 is 10.4 Å². The average Bonchev–Trinajstić information content (AvgIpc) is 2.60. The molecule has 1 amide bonds. The number of likely N-dealkylation sites (tertiary alicyclic amines) is 1. The Labute approximate surface area is 138 Å². The van der Waals surface area contributed by atoms with Gasteiger partial charge in [0.25, 0.3) is 0 Å². The Morgan fingerprint density at radius 2 is 2.09 bits per heavy atom. The molecule has 1 aliphatic heterocycles. The Morgan fingerprint density at radius 3 is 2.87 bits per heavy atom. The predicted molar refractivity (Wildman–Crippen MR) is 89.0 cm³/mol. The maximum atomic E-state index is 12.0. The van der Waals surface area contributed by atoms with Gasteiger partial charge in [-0.15, -0.1) is 0 Å². The Bertz CT molecular complexity index is 539. The zero-order valence-electron chi connectivity index (χ0n) is 13.8. The van der Waals surface area contributed by atoms with Gasteiger partial charge in [-0.25, -0.2) is 0 Å². The lowest BCUT2D eigenvalue weighted by Gasteiger charge is -2.32. The van der Waals surface area contributed by atoms with Gasteiger partial charge in [-0.05, 0) is 68.8 Å². The van der Waals surface area contributed by atoms with Crippen LogP contribution in [0.15, 0.2) is 12.3 Å². The summed E-state index contributed by atoms with van der Waals surface area (Å²) < 4.78 is 0. The van der Waals surface area contributed by atoms with Gasteiger partial charge in [-0.1, -0.05) is 0 Å². The van der Waals surface area contributed by atoms with Crippen molar-refractivity contribution >= 4 is 5.91 Å². The highest BCUT2D eigenvalue weighted by Gasteiger charge is 2.25. The number of amides is 1. The third-order valence-electron chi connectivity index (χ3n) is 5.11. The first-order chi connectivity index (χ1) is 11.3. The summed E-state index contributed by atoms with van der Waals surface area (Å²) in [7, 11) is 0. The van der Waals surface area contributed by atoms with E-state index in [9.17, 15) is 4.79 Å². The molecular weight excluding hydrogens is 290 g/mol. The zero-order valence-corrected chi connectivity index (χ0v) is 13.8. The number of aryl methyl sites for hydroxylation is 1. The summed E-state index contributed by atoms with van der Waals surface area (Å²) in [6, 6.07) is 2.18. The van der Waals surface area contributed by atoms with E-state index < -0.39 is 0 Å². The minimum Gasteiger partial charge on any atom is -0.395 e. The van der Waals surface area contributed by atoms with Crippen LogP contribution in [0.3, 0.4) is 0 Å². The molecule has 5 heteroatoms. The number of hydrogen-bond acceptors (Lipinski definition) is 4. The number of aromatic nitrogens is 1. The second-order valence-corrected chi connectivity index (χ2v) is 6.67. The highest BCUT2D eigenvalue weighted by atomic mass is 16.3. The van der Waals surface area contributed by atoms with Gasteiger partial charge in [0.2, 0.25) is 5.91 Å². The fourth-order valence-electron chi connectivity index (χ4n) is 3.76. The number of carbonyl (C=O) groups is 1. The normalized spacial score (nSPS) is 19.3. The molecule has 1 aromatic heterocycles. The molecule has 0 unspecified atom stereocenters. The minimum atomic E-state index is 0.00930. The second-order valence-electron chi connectivity index (χ2n) is 6.67. The number of nitrogens with one attached hydrogen (secondary N) is 1. The van der Waals surface area contributed by atoms with Crippen molar-refractivity contribution in [3.63, 3.8) is 0 Å². The Balaban J connectivity index is 1.54. The van der Waals surface area contributed by atoms with Gasteiger partial charge in [-0.3, -0.25) is 14.7 Å². The molecule has 0 bridgehead atoms. The summed E-state index contributed by atoms with van der Waals surface area (Å²) >= 11 is 0. The van der Waals surface area contributed by atoms with Gasteiger partial charge in [0.05, 0.1) is 12.3 Å². The predicted octanol–water partition coefficient (Wildman–Crippen LogP) is 1.28. The third kappa shape index (κ3) is 4.09. The summed E-state index contributed by atoms with van der Waals surface area (Å²) in [4.78, 5) is 19.0. The van der Waals surface area contributed by atoms with Crippen molar-refractivity contribution in [1.82, 2.24) is 15.2 Å². The molecule has 0 aromatic carbocycles. The molecule has 0 saturated carbocycles. The highest BCUT2D eigenvalue weighted by Crippen LogP contribution is 2.25. The SMILES string of the molecule is O=C(NCCO)C1CCN(Cc2nccc3c2CCCC3)CC1. The quantitative estimate of drug-likeness (QED) is 0.859. The Hall–Kier alpha value is -1.46. The van der Waals surface area contributed by atoms with E-state index in [4.69, 9.17) is 5.11 Å². The minimum absolute atomic E-state index is 0.00930. The number of aliphatic hydroxyl groups excluding tert-OH is 1. The molecule has 2 aliphatic rings. The van der Waals surface area contributed by atoms with E-state index >= 15 is 0 Å². The lowest BCUT2D eigenvalue weighted by Crippen LogP contribution is -2.41. The Kier molecular flexibility index (Phi) is 5.62. The Morgan fingerprint density at radius 1 is 1.30 bits per heavy atom. The summed E-state index contributed by atoms with van der Waals surface area (Å²) in [6.07, 6.45) is 8.67. The molecule has 0 spiro atoms. The molecule has 0 radical (unpaired) electrons. The van der Waals surface area contributed by atoms with Crippen molar-refractivity contribution < 1.29 is 9.90 Å². The molecule has 0 atom stereocenters. The number of aliphatic hydroxyl groups is 1. The van der Waals surface area contributed by atoms with Crippen LogP contribution >= 0.6 is 0 Å². The largest absolute Gasteiger partial charge is 0.395 e. The molecule has 1 aromatic rings. The van der Waals surface area contributed by atoms with Crippen molar-refractivity contribution in [2.24, 2.45) is 5.92 Å². The molecule has 126 valence electrons. The average molecular weight is 317 g/mol. The van der Waals surface area contributed by atoms with E-state index in [1.54, 1.807) is 0 Å². The van der Waals surface area contributed by atoms with Crippen molar-refractivity contribution in [3.05, 3.63) is 29.1 Å². The van der Waals surface area contributed by atoms with Crippen LogP contribution in [0, 0.1) is 5.92 Å². The zero-order chi connectivity index (χ0) is 16.1. The number of rotatable bonds is 5. The first-order valence-corrected chi connectivity index (χ1v) is 8.84. The molecular formula is C18H27N3O2. The lowest BCUT2D eigenvalue weighted by molar-refractivity contribution is -0.126. The molecule has 23 heavy (non-hydrogen) atoms. The standard InChI is InChI=1S/C18H27N3O2/c22-12-9-20-18(23)15-6-10-21(11-7-15)13-17-16-4-2-1-3-14(16)5-8-19-17/h5,8,15,22H,1-4,6-7,9-13H2,(H,20,23). The van der Waals surface area contributed by atoms with E-state index in [1.165, 1.54) is 42.5 Å². The topological polar surface area (TPSA) is 65.5 Å². The van der Waals surface area contributed by atoms with Crippen molar-refractivity contribution in [2.45, 2.75) is 45.1 Å².